The average Bonchev–Trinajstić information content (AvgIpc) is 2.81. The molecule has 1 aromatic carbocycles. The van der Waals surface area contributed by atoms with E-state index < -0.39 is 0 Å². The minimum Gasteiger partial charge on any atom is -0.326 e. The SMILES string of the molecule is Cc1ccccc1-c1nc2ccc(CN)cn2n1. The Morgan fingerprint density at radius 1 is 1.17 bits per heavy atom. The Balaban J connectivity index is 2.17. The summed E-state index contributed by atoms with van der Waals surface area (Å²) in [5.74, 6) is 0.752. The molecule has 0 saturated carbocycles. The van der Waals surface area contributed by atoms with Gasteiger partial charge in [0.05, 0.1) is 0 Å². The van der Waals surface area contributed by atoms with Crippen molar-refractivity contribution >= 4 is 5.65 Å². The summed E-state index contributed by atoms with van der Waals surface area (Å²) in [6, 6.07) is 12.0. The molecule has 3 rings (SSSR count). The van der Waals surface area contributed by atoms with E-state index >= 15 is 0 Å². The van der Waals surface area contributed by atoms with Crippen LogP contribution < -0.4 is 5.73 Å². The van der Waals surface area contributed by atoms with E-state index in [-0.39, 0.29) is 0 Å². The summed E-state index contributed by atoms with van der Waals surface area (Å²) in [5.41, 5.74) is 9.74. The third-order valence-electron chi connectivity index (χ3n) is 3.01. The molecular formula is C14H14N4. The van der Waals surface area contributed by atoms with Crippen molar-refractivity contribution in [2.75, 3.05) is 0 Å². The van der Waals surface area contributed by atoms with Gasteiger partial charge in [-0.2, -0.15) is 0 Å². The van der Waals surface area contributed by atoms with Crippen LogP contribution in [-0.4, -0.2) is 14.6 Å². The van der Waals surface area contributed by atoms with Crippen molar-refractivity contribution in [2.24, 2.45) is 5.73 Å². The van der Waals surface area contributed by atoms with Crippen LogP contribution in [0.1, 0.15) is 11.1 Å². The molecule has 0 atom stereocenters. The summed E-state index contributed by atoms with van der Waals surface area (Å²) in [6.07, 6.45) is 1.92. The zero-order chi connectivity index (χ0) is 12.5. The van der Waals surface area contributed by atoms with Crippen LogP contribution in [0.5, 0.6) is 0 Å². The lowest BCUT2D eigenvalue weighted by molar-refractivity contribution is 0.930. The van der Waals surface area contributed by atoms with Gasteiger partial charge in [-0.15, -0.1) is 5.10 Å². The van der Waals surface area contributed by atoms with E-state index in [2.05, 4.69) is 23.1 Å². The summed E-state index contributed by atoms with van der Waals surface area (Å²) >= 11 is 0. The number of aryl methyl sites for hydroxylation is 1. The molecule has 0 spiro atoms. The third-order valence-corrected chi connectivity index (χ3v) is 3.01. The van der Waals surface area contributed by atoms with Crippen molar-refractivity contribution in [2.45, 2.75) is 13.5 Å². The lowest BCUT2D eigenvalue weighted by Gasteiger charge is -1.98. The first kappa shape index (κ1) is 10.9. The van der Waals surface area contributed by atoms with E-state index in [1.54, 1.807) is 4.52 Å². The Bertz CT molecular complexity index is 700. The first-order chi connectivity index (χ1) is 8.78. The van der Waals surface area contributed by atoms with E-state index in [0.717, 1.165) is 22.6 Å². The lowest BCUT2D eigenvalue weighted by Crippen LogP contribution is -1.98. The molecule has 2 heterocycles. The van der Waals surface area contributed by atoms with E-state index in [1.807, 2.05) is 36.5 Å². The number of benzene rings is 1. The normalized spacial score (nSPS) is 11.0. The van der Waals surface area contributed by atoms with Gasteiger partial charge in [-0.05, 0) is 24.1 Å². The molecule has 2 aromatic heterocycles. The van der Waals surface area contributed by atoms with E-state index in [9.17, 15) is 0 Å². The van der Waals surface area contributed by atoms with Gasteiger partial charge in [-0.25, -0.2) is 9.50 Å². The number of rotatable bonds is 2. The molecule has 0 aliphatic rings. The predicted octanol–water partition coefficient (Wildman–Crippen LogP) is 2.16. The smallest absolute Gasteiger partial charge is 0.182 e. The van der Waals surface area contributed by atoms with Crippen molar-refractivity contribution in [3.8, 4) is 11.4 Å². The van der Waals surface area contributed by atoms with Crippen LogP contribution in [0, 0.1) is 6.92 Å². The topological polar surface area (TPSA) is 56.2 Å². The summed E-state index contributed by atoms with van der Waals surface area (Å²) in [4.78, 5) is 4.53. The molecule has 0 aliphatic heterocycles. The number of nitrogens with two attached hydrogens (primary N) is 1. The number of pyridine rings is 1. The number of aromatic nitrogens is 3. The van der Waals surface area contributed by atoms with Gasteiger partial charge in [0.15, 0.2) is 11.5 Å². The van der Waals surface area contributed by atoms with E-state index in [1.165, 1.54) is 5.56 Å². The minimum absolute atomic E-state index is 0.509. The number of hydrogen-bond donors (Lipinski definition) is 1. The van der Waals surface area contributed by atoms with Crippen molar-refractivity contribution in [3.63, 3.8) is 0 Å². The van der Waals surface area contributed by atoms with Gasteiger partial charge in [0, 0.05) is 18.3 Å². The first-order valence-electron chi connectivity index (χ1n) is 5.89. The summed E-state index contributed by atoms with van der Waals surface area (Å²) < 4.78 is 1.78. The van der Waals surface area contributed by atoms with Gasteiger partial charge in [-0.3, -0.25) is 0 Å². The highest BCUT2D eigenvalue weighted by Crippen LogP contribution is 2.20. The Labute approximate surface area is 105 Å². The van der Waals surface area contributed by atoms with Crippen LogP contribution >= 0.6 is 0 Å². The zero-order valence-electron chi connectivity index (χ0n) is 10.2. The van der Waals surface area contributed by atoms with Crippen molar-refractivity contribution in [1.29, 1.82) is 0 Å². The van der Waals surface area contributed by atoms with Gasteiger partial charge >= 0.3 is 0 Å². The van der Waals surface area contributed by atoms with Crippen molar-refractivity contribution in [1.82, 2.24) is 14.6 Å². The van der Waals surface area contributed by atoms with E-state index in [4.69, 9.17) is 5.73 Å². The van der Waals surface area contributed by atoms with Crippen LogP contribution in [0.2, 0.25) is 0 Å². The molecule has 0 aliphatic carbocycles. The molecule has 0 saturated heterocycles. The van der Waals surface area contributed by atoms with Crippen LogP contribution in [-0.2, 0) is 6.54 Å². The second-order valence-electron chi connectivity index (χ2n) is 4.29. The third kappa shape index (κ3) is 1.76. The maximum absolute atomic E-state index is 5.62. The van der Waals surface area contributed by atoms with Gasteiger partial charge in [0.1, 0.15) is 0 Å². The van der Waals surface area contributed by atoms with Crippen LogP contribution in [0.25, 0.3) is 17.0 Å². The summed E-state index contributed by atoms with van der Waals surface area (Å²) in [7, 11) is 0. The van der Waals surface area contributed by atoms with Crippen LogP contribution in [0.15, 0.2) is 42.6 Å². The first-order valence-corrected chi connectivity index (χ1v) is 5.89. The Morgan fingerprint density at radius 3 is 2.78 bits per heavy atom. The molecule has 0 radical (unpaired) electrons. The summed E-state index contributed by atoms with van der Waals surface area (Å²) in [6.45, 7) is 2.57. The second kappa shape index (κ2) is 4.23. The highest BCUT2D eigenvalue weighted by Gasteiger charge is 2.08. The molecule has 4 heteroatoms. The van der Waals surface area contributed by atoms with Crippen LogP contribution in [0.3, 0.4) is 0 Å². The number of hydrogen-bond acceptors (Lipinski definition) is 3. The molecule has 18 heavy (non-hydrogen) atoms. The Morgan fingerprint density at radius 2 is 2.00 bits per heavy atom. The van der Waals surface area contributed by atoms with Gasteiger partial charge < -0.3 is 5.73 Å². The zero-order valence-corrected chi connectivity index (χ0v) is 10.2. The lowest BCUT2D eigenvalue weighted by atomic mass is 10.1. The molecule has 3 aromatic rings. The molecule has 0 bridgehead atoms. The van der Waals surface area contributed by atoms with Gasteiger partial charge in [0.2, 0.25) is 0 Å². The Kier molecular flexibility index (Phi) is 2.57. The van der Waals surface area contributed by atoms with Crippen molar-refractivity contribution in [3.05, 3.63) is 53.7 Å². The van der Waals surface area contributed by atoms with Crippen LogP contribution in [0.4, 0.5) is 0 Å². The average molecular weight is 238 g/mol. The molecule has 0 unspecified atom stereocenters. The van der Waals surface area contributed by atoms with E-state index in [0.29, 0.717) is 6.54 Å². The van der Waals surface area contributed by atoms with Gasteiger partial charge in [0.25, 0.3) is 0 Å². The molecule has 0 amide bonds. The standard InChI is InChI=1S/C14H14N4/c1-10-4-2-3-5-12(10)14-16-13-7-6-11(8-15)9-18(13)17-14/h2-7,9H,8,15H2,1H3. The number of fused-ring (bicyclic) bond motifs is 1. The quantitative estimate of drug-likeness (QED) is 0.744. The molecule has 4 nitrogen and oxygen atoms in total. The molecule has 90 valence electrons. The fourth-order valence-electron chi connectivity index (χ4n) is 1.98. The van der Waals surface area contributed by atoms with Gasteiger partial charge in [-0.1, -0.05) is 30.3 Å². The fraction of sp³-hybridized carbons (Fsp3) is 0.143. The molecule has 0 fully saturated rings. The second-order valence-corrected chi connectivity index (χ2v) is 4.29. The Hall–Kier alpha value is -2.20. The monoisotopic (exact) mass is 238 g/mol. The highest BCUT2D eigenvalue weighted by molar-refractivity contribution is 5.62. The predicted molar refractivity (Wildman–Crippen MR) is 71.1 cm³/mol. The molecule has 2 N–H and O–H groups in total. The number of nitrogens with zero attached hydrogens (tertiary/aromatic N) is 3. The highest BCUT2D eigenvalue weighted by atomic mass is 15.3. The molecular weight excluding hydrogens is 224 g/mol. The minimum atomic E-state index is 0.509. The summed E-state index contributed by atoms with van der Waals surface area (Å²) in [5, 5.41) is 4.50. The fourth-order valence-corrected chi connectivity index (χ4v) is 1.98. The maximum atomic E-state index is 5.62. The maximum Gasteiger partial charge on any atom is 0.182 e. The largest absolute Gasteiger partial charge is 0.326 e. The van der Waals surface area contributed by atoms with Crippen molar-refractivity contribution < 1.29 is 0 Å².